The first-order chi connectivity index (χ1) is 8.93. The lowest BCUT2D eigenvalue weighted by Crippen LogP contribution is -2.37. The average Bonchev–Trinajstić information content (AvgIpc) is 2.91. The Balaban J connectivity index is 2.33. The van der Waals surface area contributed by atoms with Gasteiger partial charge in [-0.05, 0) is 24.6 Å². The van der Waals surface area contributed by atoms with Crippen LogP contribution in [0.4, 0.5) is 0 Å². The van der Waals surface area contributed by atoms with Crippen molar-refractivity contribution >= 4 is 16.0 Å². The molecule has 19 heavy (non-hydrogen) atoms. The molecule has 0 aliphatic carbocycles. The molecule has 1 aromatic rings. The van der Waals surface area contributed by atoms with Gasteiger partial charge in [0.15, 0.2) is 0 Å². The number of likely N-dealkylation sites (N-methyl/N-ethyl adjacent to an activating group) is 1. The molecule has 0 saturated carbocycles. The molecular weight excluding hydrogens is 270 g/mol. The van der Waals surface area contributed by atoms with Crippen LogP contribution in [0.1, 0.15) is 16.8 Å². The second-order valence-corrected chi connectivity index (χ2v) is 6.37. The maximum atomic E-state index is 12.4. The number of nitrogens with zero attached hydrogens (tertiary/aromatic N) is 1. The number of benzene rings is 1. The zero-order chi connectivity index (χ0) is 14.0. The highest BCUT2D eigenvalue weighted by Crippen LogP contribution is 2.21. The number of carboxylic acid groups (broad SMARTS) is 1. The van der Waals surface area contributed by atoms with Gasteiger partial charge in [0.25, 0.3) is 0 Å². The lowest BCUT2D eigenvalue weighted by Gasteiger charge is -2.22. The molecule has 1 heterocycles. The average molecular weight is 285 g/mol. The minimum absolute atomic E-state index is 0.0122. The van der Waals surface area contributed by atoms with E-state index < -0.39 is 16.0 Å². The highest BCUT2D eigenvalue weighted by atomic mass is 32.2. The Bertz CT molecular complexity index is 578. The Morgan fingerprint density at radius 3 is 2.79 bits per heavy atom. The Labute approximate surface area is 111 Å². The number of carbonyl (C=O) groups is 1. The predicted octanol–water partition coefficient (Wildman–Crippen LogP) is 0.794. The van der Waals surface area contributed by atoms with Crippen LogP contribution in [-0.4, -0.2) is 50.1 Å². The van der Waals surface area contributed by atoms with Crippen molar-refractivity contribution < 1.29 is 23.1 Å². The van der Waals surface area contributed by atoms with E-state index in [9.17, 15) is 13.2 Å². The smallest absolute Gasteiger partial charge is 0.335 e. The second-order valence-electron chi connectivity index (χ2n) is 4.37. The van der Waals surface area contributed by atoms with E-state index >= 15 is 0 Å². The van der Waals surface area contributed by atoms with Crippen LogP contribution in [0.3, 0.4) is 0 Å². The second kappa shape index (κ2) is 5.28. The van der Waals surface area contributed by atoms with E-state index in [1.807, 2.05) is 0 Å². The number of aromatic carboxylic acids is 1. The van der Waals surface area contributed by atoms with Gasteiger partial charge in [-0.3, -0.25) is 0 Å². The molecule has 0 spiro atoms. The summed E-state index contributed by atoms with van der Waals surface area (Å²) in [6.07, 6.45) is 0.647. The maximum Gasteiger partial charge on any atom is 0.335 e. The molecule has 104 valence electrons. The lowest BCUT2D eigenvalue weighted by atomic mass is 10.2. The molecule has 1 atom stereocenters. The summed E-state index contributed by atoms with van der Waals surface area (Å²) in [6.45, 7) is 0.911. The summed E-state index contributed by atoms with van der Waals surface area (Å²) in [5.41, 5.74) is -0.0443. The molecule has 0 bridgehead atoms. The summed E-state index contributed by atoms with van der Waals surface area (Å²) in [5.74, 6) is -1.15. The molecule has 1 fully saturated rings. The van der Waals surface area contributed by atoms with Gasteiger partial charge >= 0.3 is 5.97 Å². The van der Waals surface area contributed by atoms with Crippen LogP contribution < -0.4 is 0 Å². The van der Waals surface area contributed by atoms with Crippen LogP contribution in [-0.2, 0) is 14.8 Å². The molecular formula is C12H15NO5S. The van der Waals surface area contributed by atoms with Crippen molar-refractivity contribution in [3.05, 3.63) is 29.8 Å². The highest BCUT2D eigenvalue weighted by Gasteiger charge is 2.30. The van der Waals surface area contributed by atoms with Crippen LogP contribution in [0, 0.1) is 0 Å². The Morgan fingerprint density at radius 1 is 1.47 bits per heavy atom. The van der Waals surface area contributed by atoms with Crippen molar-refractivity contribution in [2.24, 2.45) is 0 Å². The number of ether oxygens (including phenoxy) is 1. The van der Waals surface area contributed by atoms with Crippen molar-refractivity contribution in [3.8, 4) is 0 Å². The number of rotatable bonds is 4. The van der Waals surface area contributed by atoms with Gasteiger partial charge in [-0.1, -0.05) is 6.07 Å². The van der Waals surface area contributed by atoms with Crippen molar-refractivity contribution in [3.63, 3.8) is 0 Å². The van der Waals surface area contributed by atoms with E-state index in [2.05, 4.69) is 0 Å². The largest absolute Gasteiger partial charge is 0.478 e. The van der Waals surface area contributed by atoms with E-state index in [1.165, 1.54) is 35.6 Å². The van der Waals surface area contributed by atoms with Crippen LogP contribution >= 0.6 is 0 Å². The molecule has 0 aromatic heterocycles. The molecule has 2 rings (SSSR count). The minimum atomic E-state index is -3.69. The van der Waals surface area contributed by atoms with Crippen molar-refractivity contribution in [2.45, 2.75) is 17.4 Å². The van der Waals surface area contributed by atoms with Gasteiger partial charge in [-0.15, -0.1) is 0 Å². The van der Waals surface area contributed by atoms with Gasteiger partial charge in [0.05, 0.1) is 23.1 Å². The van der Waals surface area contributed by atoms with Crippen molar-refractivity contribution in [2.75, 3.05) is 20.3 Å². The Hall–Kier alpha value is -1.44. The number of hydrogen-bond donors (Lipinski definition) is 1. The lowest BCUT2D eigenvalue weighted by molar-refractivity contribution is 0.0696. The summed E-state index contributed by atoms with van der Waals surface area (Å²) >= 11 is 0. The van der Waals surface area contributed by atoms with Crippen molar-refractivity contribution in [1.82, 2.24) is 4.31 Å². The van der Waals surface area contributed by atoms with Crippen molar-refractivity contribution in [1.29, 1.82) is 0 Å². The minimum Gasteiger partial charge on any atom is -0.478 e. The quantitative estimate of drug-likeness (QED) is 0.884. The van der Waals surface area contributed by atoms with E-state index in [4.69, 9.17) is 9.84 Å². The molecule has 0 amide bonds. The van der Waals surface area contributed by atoms with Gasteiger partial charge in [0, 0.05) is 13.7 Å². The van der Waals surface area contributed by atoms with Crippen LogP contribution in [0.5, 0.6) is 0 Å². The van der Waals surface area contributed by atoms with Gasteiger partial charge in [0.2, 0.25) is 10.0 Å². The van der Waals surface area contributed by atoms with Crippen LogP contribution in [0.25, 0.3) is 0 Å². The summed E-state index contributed by atoms with van der Waals surface area (Å²) in [5, 5.41) is 8.90. The van der Waals surface area contributed by atoms with Crippen LogP contribution in [0.15, 0.2) is 29.2 Å². The summed E-state index contributed by atoms with van der Waals surface area (Å²) in [6, 6.07) is 5.16. The molecule has 6 nitrogen and oxygen atoms in total. The fourth-order valence-electron chi connectivity index (χ4n) is 1.96. The molecule has 1 aliphatic heterocycles. The van der Waals surface area contributed by atoms with Gasteiger partial charge in [-0.25, -0.2) is 13.2 Å². The van der Waals surface area contributed by atoms with E-state index in [1.54, 1.807) is 0 Å². The third kappa shape index (κ3) is 2.78. The number of hydrogen-bond acceptors (Lipinski definition) is 4. The third-order valence-electron chi connectivity index (χ3n) is 3.18. The summed E-state index contributed by atoms with van der Waals surface area (Å²) in [7, 11) is -2.20. The van der Waals surface area contributed by atoms with E-state index in [-0.39, 0.29) is 16.5 Å². The van der Waals surface area contributed by atoms with Gasteiger partial charge < -0.3 is 9.84 Å². The standard InChI is InChI=1S/C12H15NO5S/c1-13(10-5-6-18-8-10)19(16,17)11-4-2-3-9(7-11)12(14)15/h2-4,7,10H,5-6,8H2,1H3,(H,14,15). The number of carboxylic acids is 1. The summed E-state index contributed by atoms with van der Waals surface area (Å²) in [4.78, 5) is 10.9. The molecule has 1 unspecified atom stereocenters. The topological polar surface area (TPSA) is 83.9 Å². The molecule has 1 N–H and O–H groups in total. The molecule has 7 heteroatoms. The Morgan fingerprint density at radius 2 is 2.21 bits per heavy atom. The predicted molar refractivity (Wildman–Crippen MR) is 67.6 cm³/mol. The van der Waals surface area contributed by atoms with E-state index in [0.717, 1.165) is 0 Å². The number of sulfonamides is 1. The third-order valence-corrected chi connectivity index (χ3v) is 5.08. The zero-order valence-electron chi connectivity index (χ0n) is 10.4. The monoisotopic (exact) mass is 285 g/mol. The first-order valence-electron chi connectivity index (χ1n) is 5.82. The molecule has 1 aromatic carbocycles. The first kappa shape index (κ1) is 14.0. The van der Waals surface area contributed by atoms with Gasteiger partial charge in [0.1, 0.15) is 0 Å². The van der Waals surface area contributed by atoms with Crippen LogP contribution in [0.2, 0.25) is 0 Å². The maximum absolute atomic E-state index is 12.4. The fourth-order valence-corrected chi connectivity index (χ4v) is 3.38. The highest BCUT2D eigenvalue weighted by molar-refractivity contribution is 7.89. The van der Waals surface area contributed by atoms with E-state index in [0.29, 0.717) is 19.6 Å². The summed E-state index contributed by atoms with van der Waals surface area (Å²) < 4.78 is 31.2. The molecule has 0 radical (unpaired) electrons. The fraction of sp³-hybridized carbons (Fsp3) is 0.417. The molecule has 1 aliphatic rings. The first-order valence-corrected chi connectivity index (χ1v) is 7.26. The zero-order valence-corrected chi connectivity index (χ0v) is 11.3. The SMILES string of the molecule is CN(C1CCOC1)S(=O)(=O)c1cccc(C(=O)O)c1. The normalized spacial score (nSPS) is 19.8. The molecule has 1 saturated heterocycles. The van der Waals surface area contributed by atoms with Gasteiger partial charge in [-0.2, -0.15) is 4.31 Å². The Kier molecular flexibility index (Phi) is 3.88.